The first-order valence-corrected chi connectivity index (χ1v) is 4.46. The number of hydrogen-bond donors (Lipinski definition) is 2. The van der Waals surface area contributed by atoms with Crippen molar-refractivity contribution in [3.05, 3.63) is 0 Å². The van der Waals surface area contributed by atoms with Gasteiger partial charge in [0, 0.05) is 13.1 Å². The smallest absolute Gasteiger partial charge is 0.155 e. The Labute approximate surface area is 62.2 Å². The normalized spacial score (nSPS) is 29.9. The molecule has 10 heavy (non-hydrogen) atoms. The highest BCUT2D eigenvalue weighted by molar-refractivity contribution is 7.79. The third kappa shape index (κ3) is 2.74. The monoisotopic (exact) mass is 165 g/mol. The van der Waals surface area contributed by atoms with Gasteiger partial charge in [-0.1, -0.05) is 0 Å². The van der Waals surface area contributed by atoms with E-state index >= 15 is 0 Å². The lowest BCUT2D eigenvalue weighted by Crippen LogP contribution is -2.41. The van der Waals surface area contributed by atoms with Crippen LogP contribution in [0.4, 0.5) is 0 Å². The topological polar surface area (TPSA) is 58.6 Å². The molecule has 0 aromatic rings. The molecule has 2 N–H and O–H groups in total. The van der Waals surface area contributed by atoms with E-state index in [-0.39, 0.29) is 11.9 Å². The van der Waals surface area contributed by atoms with Crippen molar-refractivity contribution in [1.29, 1.82) is 0 Å². The summed E-state index contributed by atoms with van der Waals surface area (Å²) in [6.07, 6.45) is -0.0837. The van der Waals surface area contributed by atoms with E-state index in [1.54, 1.807) is 0 Å². The Morgan fingerprint density at radius 1 is 1.80 bits per heavy atom. The molecule has 1 aliphatic heterocycles. The first kappa shape index (κ1) is 8.13. The van der Waals surface area contributed by atoms with Gasteiger partial charge in [0.05, 0.1) is 18.5 Å². The molecule has 2 unspecified atom stereocenters. The molecule has 2 atom stereocenters. The summed E-state index contributed by atoms with van der Waals surface area (Å²) in [7, 11) is 0. The number of hydrogen-bond acceptors (Lipinski definition) is 3. The van der Waals surface area contributed by atoms with Crippen LogP contribution in [0.5, 0.6) is 0 Å². The first-order chi connectivity index (χ1) is 4.79. The van der Waals surface area contributed by atoms with Gasteiger partial charge >= 0.3 is 0 Å². The van der Waals surface area contributed by atoms with Gasteiger partial charge in [-0.15, -0.1) is 0 Å². The maximum Gasteiger partial charge on any atom is 0.155 e. The summed E-state index contributed by atoms with van der Waals surface area (Å²) >= 11 is -1.73. The number of morpholine rings is 1. The second-order valence-electron chi connectivity index (χ2n) is 2.19. The van der Waals surface area contributed by atoms with E-state index in [0.717, 1.165) is 6.54 Å². The summed E-state index contributed by atoms with van der Waals surface area (Å²) in [5, 5.41) is 3.07. The molecule has 0 aromatic carbocycles. The van der Waals surface area contributed by atoms with Crippen molar-refractivity contribution < 1.29 is 13.5 Å². The second-order valence-corrected chi connectivity index (χ2v) is 3.16. The van der Waals surface area contributed by atoms with Crippen LogP contribution in [0.25, 0.3) is 0 Å². The lowest BCUT2D eigenvalue weighted by Gasteiger charge is -2.21. The zero-order valence-electron chi connectivity index (χ0n) is 5.58. The average molecular weight is 165 g/mol. The van der Waals surface area contributed by atoms with Crippen molar-refractivity contribution in [3.63, 3.8) is 0 Å². The molecule has 0 saturated carbocycles. The molecule has 0 bridgehead atoms. The summed E-state index contributed by atoms with van der Waals surface area (Å²) < 4.78 is 23.9. The fraction of sp³-hybridized carbons (Fsp3) is 1.00. The van der Waals surface area contributed by atoms with E-state index < -0.39 is 11.1 Å². The molecule has 5 heteroatoms. The molecule has 0 aliphatic carbocycles. The molecule has 0 amide bonds. The predicted molar refractivity (Wildman–Crippen MR) is 38.2 cm³/mol. The van der Waals surface area contributed by atoms with Gasteiger partial charge in [0.2, 0.25) is 0 Å². The molecule has 4 nitrogen and oxygen atoms in total. The van der Waals surface area contributed by atoms with Gasteiger partial charge in [-0.3, -0.25) is 0 Å². The van der Waals surface area contributed by atoms with Gasteiger partial charge < -0.3 is 14.6 Å². The Balaban J connectivity index is 2.19. The molecule has 1 fully saturated rings. The summed E-state index contributed by atoms with van der Waals surface area (Å²) in [6.45, 7) is 2.17. The standard InChI is InChI=1S/C5H11NO3S/c7-10(8)4-5-3-6-1-2-9-5/h5-6H,1-4H2,(H,7,8). The average Bonchev–Trinajstić information content (AvgIpc) is 1.88. The van der Waals surface area contributed by atoms with Crippen molar-refractivity contribution in [2.75, 3.05) is 25.4 Å². The van der Waals surface area contributed by atoms with Gasteiger partial charge in [-0.05, 0) is 0 Å². The first-order valence-electron chi connectivity index (χ1n) is 3.19. The van der Waals surface area contributed by atoms with Crippen LogP contribution < -0.4 is 5.32 Å². The van der Waals surface area contributed by atoms with Gasteiger partial charge in [0.25, 0.3) is 0 Å². The van der Waals surface area contributed by atoms with Crippen molar-refractivity contribution in [2.24, 2.45) is 0 Å². The van der Waals surface area contributed by atoms with Crippen molar-refractivity contribution in [1.82, 2.24) is 5.32 Å². The van der Waals surface area contributed by atoms with Crippen LogP contribution in [0.2, 0.25) is 0 Å². The summed E-state index contributed by atoms with van der Waals surface area (Å²) in [5.41, 5.74) is 0. The maximum atomic E-state index is 10.3. The van der Waals surface area contributed by atoms with Crippen LogP contribution in [0, 0.1) is 0 Å². The van der Waals surface area contributed by atoms with Crippen LogP contribution in [0.3, 0.4) is 0 Å². The molecule has 1 rings (SSSR count). The Morgan fingerprint density at radius 2 is 2.60 bits per heavy atom. The molecule has 60 valence electrons. The van der Waals surface area contributed by atoms with Crippen LogP contribution in [-0.2, 0) is 15.8 Å². The molecule has 1 heterocycles. The van der Waals surface area contributed by atoms with Crippen LogP contribution in [-0.4, -0.2) is 40.3 Å². The molecule has 1 aliphatic rings. The molecule has 0 spiro atoms. The van der Waals surface area contributed by atoms with Gasteiger partial charge in [-0.2, -0.15) is 0 Å². The van der Waals surface area contributed by atoms with Gasteiger partial charge in [-0.25, -0.2) is 4.21 Å². The lowest BCUT2D eigenvalue weighted by atomic mass is 10.3. The van der Waals surface area contributed by atoms with Crippen molar-refractivity contribution in [3.8, 4) is 0 Å². The van der Waals surface area contributed by atoms with E-state index in [1.807, 2.05) is 0 Å². The number of ether oxygens (including phenoxy) is 1. The zero-order chi connectivity index (χ0) is 7.40. The highest BCUT2D eigenvalue weighted by Crippen LogP contribution is 1.96. The Bertz CT molecular complexity index is 124. The maximum absolute atomic E-state index is 10.3. The van der Waals surface area contributed by atoms with E-state index in [1.165, 1.54) is 0 Å². The van der Waals surface area contributed by atoms with Crippen molar-refractivity contribution >= 4 is 11.1 Å². The predicted octanol–water partition coefficient (Wildman–Crippen LogP) is -0.803. The minimum Gasteiger partial charge on any atom is -0.375 e. The van der Waals surface area contributed by atoms with E-state index in [0.29, 0.717) is 13.2 Å². The zero-order valence-corrected chi connectivity index (χ0v) is 6.39. The summed E-state index contributed by atoms with van der Waals surface area (Å²) in [6, 6.07) is 0. The molecule has 0 radical (unpaired) electrons. The minimum atomic E-state index is -1.73. The molecule has 0 aromatic heterocycles. The van der Waals surface area contributed by atoms with E-state index in [4.69, 9.17) is 9.29 Å². The molecular weight excluding hydrogens is 154 g/mol. The highest BCUT2D eigenvalue weighted by atomic mass is 32.2. The minimum absolute atomic E-state index is 0.0837. The fourth-order valence-corrected chi connectivity index (χ4v) is 1.42. The van der Waals surface area contributed by atoms with E-state index in [2.05, 4.69) is 5.32 Å². The SMILES string of the molecule is O=S(O)CC1CNCCO1. The van der Waals surface area contributed by atoms with Crippen LogP contribution in [0.1, 0.15) is 0 Å². The Hall–Kier alpha value is 0.0300. The molecule has 1 saturated heterocycles. The largest absolute Gasteiger partial charge is 0.375 e. The highest BCUT2D eigenvalue weighted by Gasteiger charge is 2.14. The van der Waals surface area contributed by atoms with E-state index in [9.17, 15) is 4.21 Å². The molecular formula is C5H11NO3S. The third-order valence-electron chi connectivity index (χ3n) is 1.33. The second kappa shape index (κ2) is 4.02. The third-order valence-corrected chi connectivity index (χ3v) is 1.99. The van der Waals surface area contributed by atoms with Crippen LogP contribution in [0.15, 0.2) is 0 Å². The Kier molecular flexibility index (Phi) is 3.27. The van der Waals surface area contributed by atoms with Gasteiger partial charge in [0.1, 0.15) is 0 Å². The fourth-order valence-electron chi connectivity index (χ4n) is 0.886. The number of rotatable bonds is 2. The van der Waals surface area contributed by atoms with Gasteiger partial charge in [0.15, 0.2) is 11.1 Å². The quantitative estimate of drug-likeness (QED) is 0.526. The van der Waals surface area contributed by atoms with Crippen molar-refractivity contribution in [2.45, 2.75) is 6.10 Å². The van der Waals surface area contributed by atoms with Crippen LogP contribution >= 0.6 is 0 Å². The summed E-state index contributed by atoms with van der Waals surface area (Å²) in [4.78, 5) is 0. The Morgan fingerprint density at radius 3 is 3.10 bits per heavy atom. The summed E-state index contributed by atoms with van der Waals surface area (Å²) in [5.74, 6) is 0.215. The number of nitrogens with one attached hydrogen (secondary N) is 1. The lowest BCUT2D eigenvalue weighted by molar-refractivity contribution is 0.0429.